The Morgan fingerprint density at radius 2 is 1.86 bits per heavy atom. The second-order valence-corrected chi connectivity index (χ2v) is 9.10. The number of nitrogens with one attached hydrogen (secondary N) is 1. The molecule has 2 amide bonds. The standard InChI is InChI=1S/C26H23N3O5S/c1-32-20-10-8-19(9-11-20)28-26-29(15-17-7-12-21-22(13-17)34-16-33-21)24(30)14-23(35-26)25(31)27-18-5-3-2-4-6-18/h2-13,23H,14-16H2,1H3,(H,27,31). The molecule has 1 fully saturated rings. The van der Waals surface area contributed by atoms with Gasteiger partial charge in [-0.1, -0.05) is 36.0 Å². The minimum absolute atomic E-state index is 0.0650. The van der Waals surface area contributed by atoms with Gasteiger partial charge < -0.3 is 19.5 Å². The first-order valence-electron chi connectivity index (χ1n) is 11.0. The second kappa shape index (κ2) is 10.1. The Hall–Kier alpha value is -3.98. The van der Waals surface area contributed by atoms with Crippen LogP contribution in [-0.2, 0) is 16.1 Å². The summed E-state index contributed by atoms with van der Waals surface area (Å²) in [5.41, 5.74) is 2.21. The third-order valence-corrected chi connectivity index (χ3v) is 6.74. The number of ether oxygens (including phenoxy) is 3. The van der Waals surface area contributed by atoms with Crippen LogP contribution in [0.3, 0.4) is 0 Å². The van der Waals surface area contributed by atoms with Crippen molar-refractivity contribution < 1.29 is 23.8 Å². The summed E-state index contributed by atoms with van der Waals surface area (Å²) in [7, 11) is 1.60. The molecule has 1 N–H and O–H groups in total. The van der Waals surface area contributed by atoms with Crippen LogP contribution in [0.5, 0.6) is 17.2 Å². The molecule has 8 nitrogen and oxygen atoms in total. The molecule has 0 spiro atoms. The maximum Gasteiger partial charge on any atom is 0.238 e. The van der Waals surface area contributed by atoms with Gasteiger partial charge in [-0.15, -0.1) is 0 Å². The van der Waals surface area contributed by atoms with E-state index < -0.39 is 5.25 Å². The molecule has 3 aromatic carbocycles. The van der Waals surface area contributed by atoms with Gasteiger partial charge in [-0.05, 0) is 54.1 Å². The van der Waals surface area contributed by atoms with Gasteiger partial charge in [0.15, 0.2) is 16.7 Å². The SMILES string of the molecule is COc1ccc(N=C2SC(C(=O)Nc3ccccc3)CC(=O)N2Cc2ccc3c(c2)OCO3)cc1. The van der Waals surface area contributed by atoms with Gasteiger partial charge in [0, 0.05) is 12.1 Å². The Kier molecular flexibility index (Phi) is 6.58. The molecule has 2 aliphatic rings. The number of carbonyl (C=O) groups excluding carboxylic acids is 2. The number of fused-ring (bicyclic) bond motifs is 1. The summed E-state index contributed by atoms with van der Waals surface area (Å²) in [5.74, 6) is 1.62. The summed E-state index contributed by atoms with van der Waals surface area (Å²) in [5, 5.41) is 2.74. The highest BCUT2D eigenvalue weighted by atomic mass is 32.2. The van der Waals surface area contributed by atoms with Gasteiger partial charge in [-0.2, -0.15) is 0 Å². The molecule has 0 radical (unpaired) electrons. The molecular weight excluding hydrogens is 466 g/mol. The molecule has 5 rings (SSSR count). The second-order valence-electron chi connectivity index (χ2n) is 7.93. The Morgan fingerprint density at radius 1 is 1.09 bits per heavy atom. The lowest BCUT2D eigenvalue weighted by Gasteiger charge is -2.32. The first-order chi connectivity index (χ1) is 17.1. The fourth-order valence-electron chi connectivity index (χ4n) is 3.73. The summed E-state index contributed by atoms with van der Waals surface area (Å²) >= 11 is 1.28. The molecule has 1 atom stereocenters. The van der Waals surface area contributed by atoms with Crippen LogP contribution in [0.2, 0.25) is 0 Å². The van der Waals surface area contributed by atoms with E-state index in [4.69, 9.17) is 19.2 Å². The topological polar surface area (TPSA) is 89.5 Å². The Balaban J connectivity index is 1.41. The molecule has 178 valence electrons. The fraction of sp³-hybridized carbons (Fsp3) is 0.192. The lowest BCUT2D eigenvalue weighted by atomic mass is 10.1. The number of rotatable bonds is 6. The van der Waals surface area contributed by atoms with E-state index in [-0.39, 0.29) is 25.0 Å². The van der Waals surface area contributed by atoms with E-state index in [0.29, 0.717) is 40.3 Å². The van der Waals surface area contributed by atoms with Crippen molar-refractivity contribution in [2.24, 2.45) is 4.99 Å². The van der Waals surface area contributed by atoms with Crippen LogP contribution in [0.1, 0.15) is 12.0 Å². The van der Waals surface area contributed by atoms with Crippen LogP contribution in [0, 0.1) is 0 Å². The van der Waals surface area contributed by atoms with Crippen molar-refractivity contribution >= 4 is 40.1 Å². The molecule has 0 aliphatic carbocycles. The molecule has 9 heteroatoms. The third-order valence-electron chi connectivity index (χ3n) is 5.55. The van der Waals surface area contributed by atoms with Crippen molar-refractivity contribution in [3.05, 3.63) is 78.4 Å². The molecule has 0 bridgehead atoms. The number of thioether (sulfide) groups is 1. The van der Waals surface area contributed by atoms with Crippen LogP contribution in [0.25, 0.3) is 0 Å². The Labute approximate surface area is 206 Å². The first-order valence-corrected chi connectivity index (χ1v) is 11.9. The number of hydrogen-bond donors (Lipinski definition) is 1. The van der Waals surface area contributed by atoms with Crippen LogP contribution in [0.4, 0.5) is 11.4 Å². The highest BCUT2D eigenvalue weighted by Crippen LogP contribution is 2.35. The van der Waals surface area contributed by atoms with Crippen molar-refractivity contribution in [3.63, 3.8) is 0 Å². The molecular formula is C26H23N3O5S. The number of amidine groups is 1. The van der Waals surface area contributed by atoms with Gasteiger partial charge >= 0.3 is 0 Å². The Bertz CT molecular complexity index is 1260. The summed E-state index contributed by atoms with van der Waals surface area (Å²) in [4.78, 5) is 32.6. The zero-order valence-electron chi connectivity index (χ0n) is 19.0. The average molecular weight is 490 g/mol. The van der Waals surface area contributed by atoms with Crippen molar-refractivity contribution in [1.82, 2.24) is 4.90 Å². The van der Waals surface area contributed by atoms with Gasteiger partial charge in [0.2, 0.25) is 18.6 Å². The summed E-state index contributed by atoms with van der Waals surface area (Å²) in [6, 6.07) is 22.0. The summed E-state index contributed by atoms with van der Waals surface area (Å²) in [6.07, 6.45) is 0.0650. The largest absolute Gasteiger partial charge is 0.497 e. The molecule has 2 heterocycles. The maximum absolute atomic E-state index is 13.3. The highest BCUT2D eigenvalue weighted by Gasteiger charge is 2.36. The van der Waals surface area contributed by atoms with Crippen LogP contribution in [0.15, 0.2) is 77.8 Å². The number of aliphatic imine (C=N–C) groups is 1. The predicted octanol–water partition coefficient (Wildman–Crippen LogP) is 4.58. The van der Waals surface area contributed by atoms with Gasteiger partial charge in [0.05, 0.1) is 19.3 Å². The van der Waals surface area contributed by atoms with E-state index in [1.165, 1.54) is 11.8 Å². The molecule has 1 unspecified atom stereocenters. The van der Waals surface area contributed by atoms with Crippen molar-refractivity contribution in [2.45, 2.75) is 18.2 Å². The van der Waals surface area contributed by atoms with Crippen molar-refractivity contribution in [3.8, 4) is 17.2 Å². The van der Waals surface area contributed by atoms with Gasteiger partial charge in [0.1, 0.15) is 11.0 Å². The number of hydrogen-bond acceptors (Lipinski definition) is 7. The van der Waals surface area contributed by atoms with Crippen LogP contribution < -0.4 is 19.5 Å². The normalized spacial score (nSPS) is 18.0. The molecule has 0 saturated carbocycles. The Morgan fingerprint density at radius 3 is 2.63 bits per heavy atom. The van der Waals surface area contributed by atoms with E-state index in [2.05, 4.69) is 5.32 Å². The average Bonchev–Trinajstić information content (AvgIpc) is 3.35. The predicted molar refractivity (Wildman–Crippen MR) is 134 cm³/mol. The summed E-state index contributed by atoms with van der Waals surface area (Å²) in [6.45, 7) is 0.476. The van der Waals surface area contributed by atoms with Crippen molar-refractivity contribution in [2.75, 3.05) is 19.2 Å². The van der Waals surface area contributed by atoms with E-state index in [0.717, 1.165) is 5.56 Å². The smallest absolute Gasteiger partial charge is 0.238 e. The third kappa shape index (κ3) is 5.25. The number of anilines is 1. The quantitative estimate of drug-likeness (QED) is 0.545. The molecule has 0 aromatic heterocycles. The molecule has 2 aliphatic heterocycles. The number of benzene rings is 3. The minimum atomic E-state index is -0.604. The highest BCUT2D eigenvalue weighted by molar-refractivity contribution is 8.15. The van der Waals surface area contributed by atoms with Gasteiger partial charge in [-0.3, -0.25) is 14.5 Å². The zero-order chi connectivity index (χ0) is 24.2. The lowest BCUT2D eigenvalue weighted by molar-refractivity contribution is -0.129. The minimum Gasteiger partial charge on any atom is -0.497 e. The van der Waals surface area contributed by atoms with Crippen LogP contribution in [-0.4, -0.2) is 41.0 Å². The number of para-hydroxylation sites is 1. The number of carbonyl (C=O) groups is 2. The monoisotopic (exact) mass is 489 g/mol. The number of amides is 2. The van der Waals surface area contributed by atoms with E-state index in [1.54, 1.807) is 24.1 Å². The maximum atomic E-state index is 13.3. The van der Waals surface area contributed by atoms with Crippen molar-refractivity contribution in [1.29, 1.82) is 0 Å². The number of methoxy groups -OCH3 is 1. The lowest BCUT2D eigenvalue weighted by Crippen LogP contribution is -2.44. The van der Waals surface area contributed by atoms with Gasteiger partial charge in [-0.25, -0.2) is 4.99 Å². The fourth-order valence-corrected chi connectivity index (χ4v) is 4.83. The molecule has 3 aromatic rings. The van der Waals surface area contributed by atoms with Gasteiger partial charge in [0.25, 0.3) is 0 Å². The zero-order valence-corrected chi connectivity index (χ0v) is 19.8. The van der Waals surface area contributed by atoms with E-state index in [1.807, 2.05) is 60.7 Å². The summed E-state index contributed by atoms with van der Waals surface area (Å²) < 4.78 is 16.1. The van der Waals surface area contributed by atoms with E-state index in [9.17, 15) is 9.59 Å². The molecule has 1 saturated heterocycles. The number of nitrogens with zero attached hydrogens (tertiary/aromatic N) is 2. The first kappa shape index (κ1) is 22.8. The van der Waals surface area contributed by atoms with E-state index >= 15 is 0 Å². The molecule has 35 heavy (non-hydrogen) atoms. The van der Waals surface area contributed by atoms with Crippen LogP contribution >= 0.6 is 11.8 Å².